The number of hydrazone groups is 1. The summed E-state index contributed by atoms with van der Waals surface area (Å²) in [7, 11) is 2.04. The lowest BCUT2D eigenvalue weighted by Crippen LogP contribution is -2.48. The Morgan fingerprint density at radius 2 is 1.64 bits per heavy atom. The van der Waals surface area contributed by atoms with Gasteiger partial charge in [0.15, 0.2) is 0 Å². The average Bonchev–Trinajstić information content (AvgIpc) is 3.04. The summed E-state index contributed by atoms with van der Waals surface area (Å²) < 4.78 is 2.14. The van der Waals surface area contributed by atoms with Crippen molar-refractivity contribution in [2.24, 2.45) is 29.9 Å². The number of aromatic nitrogens is 1. The summed E-state index contributed by atoms with van der Waals surface area (Å²) in [5.41, 5.74) is 8.56. The molecule has 0 radical (unpaired) electrons. The van der Waals surface area contributed by atoms with Gasteiger partial charge in [0, 0.05) is 34.9 Å². The van der Waals surface area contributed by atoms with Crippen LogP contribution in [0.1, 0.15) is 55.3 Å². The monoisotopic (exact) mass is 440 g/mol. The quantitative estimate of drug-likeness (QED) is 0.373. The number of hydrogen-bond acceptors (Lipinski definition) is 2. The molecule has 33 heavy (non-hydrogen) atoms. The molecule has 2 N–H and O–H groups in total. The molecule has 5 heteroatoms. The molecular formula is C28H32N4O. The van der Waals surface area contributed by atoms with Crippen molar-refractivity contribution in [1.82, 2.24) is 9.99 Å². The van der Waals surface area contributed by atoms with Crippen molar-refractivity contribution in [3.8, 4) is 0 Å². The minimum absolute atomic E-state index is 0.327. The highest BCUT2D eigenvalue weighted by molar-refractivity contribution is 6.01. The van der Waals surface area contributed by atoms with Gasteiger partial charge in [0.1, 0.15) is 0 Å². The Balaban J connectivity index is 1.11. The normalized spacial score (nSPS) is 28.0. The van der Waals surface area contributed by atoms with Gasteiger partial charge in [-0.1, -0.05) is 30.3 Å². The number of benzene rings is 2. The SMILES string of the molecule is Cc1c(/C=N\NC(=O)Nc2ccc(C34CC5CC(CC(C5)C3)C4)cc2)c2ccccc2n1C. The number of carbonyl (C=O) groups excluding carboxylic acids is 1. The molecule has 2 aromatic carbocycles. The molecule has 4 saturated carbocycles. The van der Waals surface area contributed by atoms with E-state index in [4.69, 9.17) is 0 Å². The molecule has 0 atom stereocenters. The Bertz CT molecular complexity index is 1200. The van der Waals surface area contributed by atoms with Crippen LogP contribution in [-0.2, 0) is 12.5 Å². The smallest absolute Gasteiger partial charge is 0.339 e. The van der Waals surface area contributed by atoms with E-state index in [0.29, 0.717) is 5.41 Å². The zero-order valence-corrected chi connectivity index (χ0v) is 19.5. The maximum absolute atomic E-state index is 12.4. The van der Waals surface area contributed by atoms with Gasteiger partial charge in [-0.15, -0.1) is 0 Å². The third kappa shape index (κ3) is 3.54. The van der Waals surface area contributed by atoms with E-state index >= 15 is 0 Å². The van der Waals surface area contributed by atoms with Gasteiger partial charge in [-0.2, -0.15) is 5.10 Å². The highest BCUT2D eigenvalue weighted by atomic mass is 16.2. The Hall–Kier alpha value is -3.08. The topological polar surface area (TPSA) is 58.4 Å². The zero-order chi connectivity index (χ0) is 22.6. The van der Waals surface area contributed by atoms with Gasteiger partial charge in [-0.3, -0.25) is 0 Å². The maximum atomic E-state index is 12.4. The zero-order valence-electron chi connectivity index (χ0n) is 19.5. The number of hydrogen-bond donors (Lipinski definition) is 2. The largest absolute Gasteiger partial charge is 0.347 e. The van der Waals surface area contributed by atoms with E-state index in [2.05, 4.69) is 51.6 Å². The van der Waals surface area contributed by atoms with Gasteiger partial charge >= 0.3 is 6.03 Å². The molecule has 1 heterocycles. The summed E-state index contributed by atoms with van der Waals surface area (Å²) >= 11 is 0. The Morgan fingerprint density at radius 3 is 2.30 bits per heavy atom. The van der Waals surface area contributed by atoms with Gasteiger partial charge in [-0.25, -0.2) is 10.2 Å². The molecule has 7 rings (SSSR count). The molecule has 4 bridgehead atoms. The third-order valence-corrected chi connectivity index (χ3v) is 8.60. The van der Waals surface area contributed by atoms with E-state index in [9.17, 15) is 4.79 Å². The van der Waals surface area contributed by atoms with Gasteiger partial charge < -0.3 is 9.88 Å². The van der Waals surface area contributed by atoms with Crippen LogP contribution in [0.3, 0.4) is 0 Å². The molecule has 4 fully saturated rings. The van der Waals surface area contributed by atoms with Crippen molar-refractivity contribution in [1.29, 1.82) is 0 Å². The fourth-order valence-corrected chi connectivity index (χ4v) is 7.40. The number of rotatable bonds is 4. The summed E-state index contributed by atoms with van der Waals surface area (Å²) in [4.78, 5) is 12.4. The van der Waals surface area contributed by atoms with Crippen LogP contribution in [0.5, 0.6) is 0 Å². The molecule has 0 spiro atoms. The molecule has 4 aliphatic carbocycles. The van der Waals surface area contributed by atoms with Crippen molar-refractivity contribution in [2.75, 3.05) is 5.32 Å². The predicted octanol–water partition coefficient (Wildman–Crippen LogP) is 6.11. The van der Waals surface area contributed by atoms with Crippen LogP contribution in [0.2, 0.25) is 0 Å². The summed E-state index contributed by atoms with van der Waals surface area (Å²) in [5, 5.41) is 8.25. The van der Waals surface area contributed by atoms with Crippen molar-refractivity contribution < 1.29 is 4.79 Å². The third-order valence-electron chi connectivity index (χ3n) is 8.60. The summed E-state index contributed by atoms with van der Waals surface area (Å²) in [5.74, 6) is 2.80. The fourth-order valence-electron chi connectivity index (χ4n) is 7.40. The molecule has 0 unspecified atom stereocenters. The van der Waals surface area contributed by atoms with Gasteiger partial charge in [0.25, 0.3) is 0 Å². The van der Waals surface area contributed by atoms with Crippen LogP contribution >= 0.6 is 0 Å². The second kappa shape index (κ2) is 7.75. The molecule has 2 amide bonds. The number of aryl methyl sites for hydroxylation is 1. The summed E-state index contributed by atoms with van der Waals surface area (Å²) in [6.07, 6.45) is 10.2. The van der Waals surface area contributed by atoms with Gasteiger partial charge in [0.2, 0.25) is 0 Å². The number of amides is 2. The number of para-hydroxylation sites is 1. The van der Waals surface area contributed by atoms with Crippen molar-refractivity contribution >= 4 is 28.8 Å². The fraction of sp³-hybridized carbons (Fsp3) is 0.429. The van der Waals surface area contributed by atoms with E-state index in [1.165, 1.54) is 44.1 Å². The summed E-state index contributed by atoms with van der Waals surface area (Å²) in [6.45, 7) is 2.06. The highest BCUT2D eigenvalue weighted by Gasteiger charge is 2.51. The standard InChI is InChI=1S/C28H32N4O/c1-18-25(24-5-3-4-6-26(24)32(18)2)17-29-31-27(33)30-23-9-7-22(8-10-23)28-14-19-11-20(15-28)13-21(12-19)16-28/h3-10,17,19-21H,11-16H2,1-2H3,(H2,30,31,33)/b29-17-. The molecule has 1 aromatic heterocycles. The first kappa shape index (κ1) is 20.5. The van der Waals surface area contributed by atoms with E-state index in [1.54, 1.807) is 6.21 Å². The van der Waals surface area contributed by atoms with Crippen LogP contribution in [0, 0.1) is 24.7 Å². The van der Waals surface area contributed by atoms with Gasteiger partial charge in [0.05, 0.1) is 6.21 Å². The number of carbonyl (C=O) groups is 1. The van der Waals surface area contributed by atoms with Crippen LogP contribution in [0.15, 0.2) is 53.6 Å². The number of anilines is 1. The molecule has 5 nitrogen and oxygen atoms in total. The molecule has 3 aromatic rings. The van der Waals surface area contributed by atoms with Crippen LogP contribution < -0.4 is 10.7 Å². The minimum atomic E-state index is -0.327. The molecule has 4 aliphatic rings. The lowest BCUT2D eigenvalue weighted by Gasteiger charge is -2.57. The van der Waals surface area contributed by atoms with E-state index in [1.807, 2.05) is 31.3 Å². The number of nitrogens with one attached hydrogen (secondary N) is 2. The first-order chi connectivity index (χ1) is 16.0. The molecular weight excluding hydrogens is 408 g/mol. The van der Waals surface area contributed by atoms with Gasteiger partial charge in [-0.05, 0) is 92.4 Å². The maximum Gasteiger partial charge on any atom is 0.339 e. The van der Waals surface area contributed by atoms with Crippen LogP contribution in [-0.4, -0.2) is 16.8 Å². The van der Waals surface area contributed by atoms with E-state index in [0.717, 1.165) is 45.6 Å². The number of nitrogens with zero attached hydrogens (tertiary/aromatic N) is 2. The first-order valence-electron chi connectivity index (χ1n) is 12.3. The van der Waals surface area contributed by atoms with E-state index in [-0.39, 0.29) is 6.03 Å². The minimum Gasteiger partial charge on any atom is -0.347 e. The number of urea groups is 1. The Labute approximate surface area is 195 Å². The second-order valence-corrected chi connectivity index (χ2v) is 10.7. The molecule has 170 valence electrons. The predicted molar refractivity (Wildman–Crippen MR) is 134 cm³/mol. The van der Waals surface area contributed by atoms with Crippen molar-refractivity contribution in [3.63, 3.8) is 0 Å². The highest BCUT2D eigenvalue weighted by Crippen LogP contribution is 2.60. The average molecular weight is 441 g/mol. The molecule has 0 saturated heterocycles. The first-order valence-corrected chi connectivity index (χ1v) is 12.3. The number of fused-ring (bicyclic) bond motifs is 1. The van der Waals surface area contributed by atoms with Crippen molar-refractivity contribution in [3.05, 3.63) is 65.4 Å². The molecule has 0 aliphatic heterocycles. The lowest BCUT2D eigenvalue weighted by molar-refractivity contribution is -0.00518. The van der Waals surface area contributed by atoms with Crippen LogP contribution in [0.25, 0.3) is 10.9 Å². The Morgan fingerprint density at radius 1 is 1.00 bits per heavy atom. The van der Waals surface area contributed by atoms with Crippen LogP contribution in [0.4, 0.5) is 10.5 Å². The van der Waals surface area contributed by atoms with Crippen molar-refractivity contribution in [2.45, 2.75) is 50.9 Å². The van der Waals surface area contributed by atoms with E-state index < -0.39 is 0 Å². The lowest BCUT2D eigenvalue weighted by atomic mass is 9.48. The Kier molecular flexibility index (Phi) is 4.82. The second-order valence-electron chi connectivity index (χ2n) is 10.7. The summed E-state index contributed by atoms with van der Waals surface area (Å²) in [6, 6.07) is 16.5.